The van der Waals surface area contributed by atoms with Crippen molar-refractivity contribution in [1.29, 1.82) is 0 Å². The number of nitrogens with one attached hydrogen (secondary N) is 1. The van der Waals surface area contributed by atoms with Gasteiger partial charge in [0.05, 0.1) is 12.2 Å². The summed E-state index contributed by atoms with van der Waals surface area (Å²) in [6.07, 6.45) is 5.02. The van der Waals surface area contributed by atoms with Crippen molar-refractivity contribution in [3.8, 4) is 5.69 Å². The van der Waals surface area contributed by atoms with Gasteiger partial charge in [-0.15, -0.1) is 11.3 Å². The summed E-state index contributed by atoms with van der Waals surface area (Å²) in [5.74, 6) is 0. The molecule has 0 radical (unpaired) electrons. The topological polar surface area (TPSA) is 55.6 Å². The average molecular weight is 257 g/mol. The third-order valence-electron chi connectivity index (χ3n) is 2.48. The summed E-state index contributed by atoms with van der Waals surface area (Å²) in [6.45, 7) is 0.750. The predicted molar refractivity (Wildman–Crippen MR) is 70.8 cm³/mol. The molecule has 1 N–H and O–H groups in total. The number of hydrogen-bond acceptors (Lipinski definition) is 5. The van der Waals surface area contributed by atoms with Crippen LogP contribution in [-0.2, 0) is 6.54 Å². The minimum Gasteiger partial charge on any atom is -0.379 e. The fourth-order valence-electron chi connectivity index (χ4n) is 1.59. The van der Waals surface area contributed by atoms with Gasteiger partial charge in [-0.3, -0.25) is 0 Å². The summed E-state index contributed by atoms with van der Waals surface area (Å²) in [4.78, 5) is 8.14. The number of nitrogens with zero attached hydrogens (tertiary/aromatic N) is 4. The Morgan fingerprint density at radius 3 is 2.78 bits per heavy atom. The monoisotopic (exact) mass is 257 g/mol. The van der Waals surface area contributed by atoms with E-state index in [-0.39, 0.29) is 0 Å². The molecule has 0 saturated heterocycles. The molecule has 0 amide bonds. The molecule has 6 heteroatoms. The quantitative estimate of drug-likeness (QED) is 0.779. The van der Waals surface area contributed by atoms with Gasteiger partial charge in [-0.05, 0) is 24.3 Å². The lowest BCUT2D eigenvalue weighted by molar-refractivity contribution is 0.879. The molecule has 1 aromatic carbocycles. The first-order chi connectivity index (χ1) is 8.92. The number of rotatable bonds is 4. The van der Waals surface area contributed by atoms with Crippen molar-refractivity contribution in [2.24, 2.45) is 0 Å². The van der Waals surface area contributed by atoms with Gasteiger partial charge in [-0.25, -0.2) is 14.6 Å². The average Bonchev–Trinajstić information content (AvgIpc) is 3.10. The first-order valence-electron chi connectivity index (χ1n) is 5.49. The third kappa shape index (κ3) is 2.38. The van der Waals surface area contributed by atoms with Crippen LogP contribution in [0.25, 0.3) is 5.69 Å². The Labute approximate surface area is 108 Å². The van der Waals surface area contributed by atoms with Crippen LogP contribution < -0.4 is 5.32 Å². The Kier molecular flexibility index (Phi) is 3.01. The van der Waals surface area contributed by atoms with Crippen LogP contribution in [0, 0.1) is 0 Å². The molecule has 0 spiro atoms. The van der Waals surface area contributed by atoms with Crippen molar-refractivity contribution < 1.29 is 0 Å². The molecule has 0 unspecified atom stereocenters. The summed E-state index contributed by atoms with van der Waals surface area (Å²) in [5.41, 5.74) is 2.06. The summed E-state index contributed by atoms with van der Waals surface area (Å²) < 4.78 is 1.73. The number of aromatic nitrogens is 4. The highest BCUT2D eigenvalue weighted by molar-refractivity contribution is 7.09. The minimum absolute atomic E-state index is 0.750. The minimum atomic E-state index is 0.750. The van der Waals surface area contributed by atoms with E-state index < -0.39 is 0 Å². The lowest BCUT2D eigenvalue weighted by atomic mass is 10.3. The number of hydrogen-bond donors (Lipinski definition) is 1. The van der Waals surface area contributed by atoms with Crippen LogP contribution in [0.2, 0.25) is 0 Å². The van der Waals surface area contributed by atoms with Crippen LogP contribution in [-0.4, -0.2) is 19.7 Å². The van der Waals surface area contributed by atoms with E-state index in [1.807, 2.05) is 35.8 Å². The molecule has 5 nitrogen and oxygen atoms in total. The smallest absolute Gasteiger partial charge is 0.138 e. The number of benzene rings is 1. The molecule has 0 fully saturated rings. The van der Waals surface area contributed by atoms with E-state index in [2.05, 4.69) is 20.4 Å². The van der Waals surface area contributed by atoms with Crippen molar-refractivity contribution >= 4 is 17.0 Å². The molecule has 90 valence electrons. The van der Waals surface area contributed by atoms with Gasteiger partial charge >= 0.3 is 0 Å². The Morgan fingerprint density at radius 2 is 2.11 bits per heavy atom. The maximum absolute atomic E-state index is 4.22. The molecule has 0 bridgehead atoms. The summed E-state index contributed by atoms with van der Waals surface area (Å²) in [6, 6.07) is 8.03. The van der Waals surface area contributed by atoms with Gasteiger partial charge in [-0.1, -0.05) is 0 Å². The first kappa shape index (κ1) is 10.9. The van der Waals surface area contributed by atoms with E-state index in [0.717, 1.165) is 22.9 Å². The fourth-order valence-corrected chi connectivity index (χ4v) is 2.15. The molecular weight excluding hydrogens is 246 g/mol. The van der Waals surface area contributed by atoms with Crippen LogP contribution in [0.15, 0.2) is 48.5 Å². The maximum atomic E-state index is 4.22. The first-order valence-corrected chi connectivity index (χ1v) is 6.37. The lowest BCUT2D eigenvalue weighted by Gasteiger charge is -2.05. The van der Waals surface area contributed by atoms with Gasteiger partial charge in [0.2, 0.25) is 0 Å². The molecule has 0 atom stereocenters. The van der Waals surface area contributed by atoms with Crippen LogP contribution >= 0.6 is 11.3 Å². The largest absolute Gasteiger partial charge is 0.379 e. The lowest BCUT2D eigenvalue weighted by Crippen LogP contribution is -1.99. The number of thiazole rings is 1. The Morgan fingerprint density at radius 1 is 1.22 bits per heavy atom. The Bertz CT molecular complexity index is 586. The second-order valence-corrected chi connectivity index (χ2v) is 4.65. The van der Waals surface area contributed by atoms with Gasteiger partial charge in [0, 0.05) is 17.3 Å². The van der Waals surface area contributed by atoms with Crippen molar-refractivity contribution in [1.82, 2.24) is 19.7 Å². The Hall–Kier alpha value is -2.21. The highest BCUT2D eigenvalue weighted by Gasteiger charge is 1.98. The zero-order valence-corrected chi connectivity index (χ0v) is 10.3. The summed E-state index contributed by atoms with van der Waals surface area (Å²) in [7, 11) is 0. The zero-order valence-electron chi connectivity index (χ0n) is 9.52. The molecule has 18 heavy (non-hydrogen) atoms. The highest BCUT2D eigenvalue weighted by atomic mass is 32.1. The van der Waals surface area contributed by atoms with E-state index in [0.29, 0.717) is 0 Å². The van der Waals surface area contributed by atoms with Crippen LogP contribution in [0.3, 0.4) is 0 Å². The van der Waals surface area contributed by atoms with Gasteiger partial charge in [-0.2, -0.15) is 5.10 Å². The normalized spacial score (nSPS) is 10.4. The van der Waals surface area contributed by atoms with Crippen molar-refractivity contribution in [2.45, 2.75) is 6.54 Å². The zero-order chi connectivity index (χ0) is 12.2. The van der Waals surface area contributed by atoms with E-state index in [1.165, 1.54) is 6.33 Å². The number of anilines is 1. The maximum Gasteiger partial charge on any atom is 0.138 e. The molecule has 2 heterocycles. The molecule has 0 aliphatic rings. The van der Waals surface area contributed by atoms with Crippen LogP contribution in [0.4, 0.5) is 5.69 Å². The van der Waals surface area contributed by atoms with Crippen molar-refractivity contribution in [3.63, 3.8) is 0 Å². The fraction of sp³-hybridized carbons (Fsp3) is 0.0833. The van der Waals surface area contributed by atoms with E-state index in [4.69, 9.17) is 0 Å². The highest BCUT2D eigenvalue weighted by Crippen LogP contribution is 2.14. The van der Waals surface area contributed by atoms with E-state index in [9.17, 15) is 0 Å². The van der Waals surface area contributed by atoms with E-state index >= 15 is 0 Å². The molecule has 0 saturated carbocycles. The predicted octanol–water partition coefficient (Wildman–Crippen LogP) is 2.34. The second-order valence-electron chi connectivity index (χ2n) is 3.67. The molecule has 3 aromatic rings. The SMILES string of the molecule is c1csc(CNc2ccc(-n3cncn3)cc2)n1. The van der Waals surface area contributed by atoms with Crippen molar-refractivity contribution in [2.75, 3.05) is 5.32 Å². The van der Waals surface area contributed by atoms with Crippen LogP contribution in [0.1, 0.15) is 5.01 Å². The van der Waals surface area contributed by atoms with Gasteiger partial charge in [0.1, 0.15) is 17.7 Å². The van der Waals surface area contributed by atoms with Gasteiger partial charge in [0.25, 0.3) is 0 Å². The van der Waals surface area contributed by atoms with Crippen LogP contribution in [0.5, 0.6) is 0 Å². The molecular formula is C12H11N5S. The summed E-state index contributed by atoms with van der Waals surface area (Å²) >= 11 is 1.65. The molecule has 0 aliphatic heterocycles. The van der Waals surface area contributed by atoms with E-state index in [1.54, 1.807) is 22.3 Å². The molecule has 2 aromatic heterocycles. The standard InChI is InChI=1S/C12H11N5S/c1-3-11(17-9-13-8-16-17)4-2-10(1)15-7-12-14-5-6-18-12/h1-6,8-9,15H,7H2. The molecule has 3 rings (SSSR count). The second kappa shape index (κ2) is 4.97. The Balaban J connectivity index is 1.68. The van der Waals surface area contributed by atoms with Gasteiger partial charge < -0.3 is 5.32 Å². The molecule has 0 aliphatic carbocycles. The van der Waals surface area contributed by atoms with Gasteiger partial charge in [0.15, 0.2) is 0 Å². The van der Waals surface area contributed by atoms with Crippen molar-refractivity contribution in [3.05, 3.63) is 53.5 Å². The third-order valence-corrected chi connectivity index (χ3v) is 3.26. The summed E-state index contributed by atoms with van der Waals surface area (Å²) in [5, 5.41) is 10.5.